The van der Waals surface area contributed by atoms with Crippen LogP contribution in [0.5, 0.6) is 0 Å². The summed E-state index contributed by atoms with van der Waals surface area (Å²) in [6.07, 6.45) is 4.24. The Morgan fingerprint density at radius 1 is 1.18 bits per heavy atom. The van der Waals surface area contributed by atoms with E-state index in [2.05, 4.69) is 28.0 Å². The molecular formula is C24H28N6O3. The lowest BCUT2D eigenvalue weighted by molar-refractivity contribution is 0.0625. The van der Waals surface area contributed by atoms with Gasteiger partial charge in [0.05, 0.1) is 29.3 Å². The Labute approximate surface area is 192 Å². The van der Waals surface area contributed by atoms with Crippen LogP contribution in [0.1, 0.15) is 46.3 Å². The quantitative estimate of drug-likeness (QED) is 0.636. The fraction of sp³-hybridized carbons (Fsp3) is 0.417. The number of hydrogen-bond acceptors (Lipinski definition) is 5. The number of H-pyrrole nitrogens is 1. The van der Waals surface area contributed by atoms with Crippen molar-refractivity contribution in [1.29, 1.82) is 0 Å². The largest absolute Gasteiger partial charge is 0.465 e. The molecule has 5 rings (SSSR count). The van der Waals surface area contributed by atoms with Gasteiger partial charge in [0.15, 0.2) is 0 Å². The van der Waals surface area contributed by atoms with Crippen molar-refractivity contribution < 1.29 is 14.7 Å². The Morgan fingerprint density at radius 3 is 2.76 bits per heavy atom. The highest BCUT2D eigenvalue weighted by molar-refractivity contribution is 5.97. The van der Waals surface area contributed by atoms with Gasteiger partial charge in [-0.2, -0.15) is 0 Å². The number of rotatable bonds is 4. The van der Waals surface area contributed by atoms with Crippen LogP contribution in [-0.2, 0) is 13.0 Å². The van der Waals surface area contributed by atoms with Crippen molar-refractivity contribution in [2.24, 2.45) is 0 Å². The number of nitrogens with zero attached hydrogens (tertiary/aromatic N) is 5. The molecule has 1 atom stereocenters. The summed E-state index contributed by atoms with van der Waals surface area (Å²) in [4.78, 5) is 42.1. The van der Waals surface area contributed by atoms with Gasteiger partial charge in [0.25, 0.3) is 5.91 Å². The molecule has 0 radical (unpaired) electrons. The number of aromatic nitrogens is 3. The van der Waals surface area contributed by atoms with Gasteiger partial charge >= 0.3 is 6.09 Å². The van der Waals surface area contributed by atoms with Gasteiger partial charge in [-0.3, -0.25) is 14.7 Å². The third-order valence-corrected chi connectivity index (χ3v) is 6.71. The molecule has 9 nitrogen and oxygen atoms in total. The van der Waals surface area contributed by atoms with Crippen LogP contribution in [-0.4, -0.2) is 80.0 Å². The van der Waals surface area contributed by atoms with Gasteiger partial charge in [0.1, 0.15) is 5.82 Å². The number of carbonyl (C=O) groups excluding carboxylic acids is 1. The topological polar surface area (TPSA) is 106 Å². The zero-order valence-electron chi connectivity index (χ0n) is 18.7. The van der Waals surface area contributed by atoms with Crippen LogP contribution in [0.3, 0.4) is 0 Å². The molecular weight excluding hydrogens is 420 g/mol. The Balaban J connectivity index is 1.29. The number of piperazine rings is 1. The molecule has 3 aromatic rings. The maximum atomic E-state index is 12.9. The van der Waals surface area contributed by atoms with E-state index in [9.17, 15) is 9.59 Å². The number of aryl methyl sites for hydroxylation is 1. The third kappa shape index (κ3) is 4.28. The monoisotopic (exact) mass is 448 g/mol. The minimum absolute atomic E-state index is 0.0832. The molecule has 9 heteroatoms. The Kier molecular flexibility index (Phi) is 5.72. The second kappa shape index (κ2) is 8.82. The van der Waals surface area contributed by atoms with Gasteiger partial charge in [0, 0.05) is 37.9 Å². The van der Waals surface area contributed by atoms with E-state index >= 15 is 0 Å². The number of amides is 2. The van der Waals surface area contributed by atoms with Crippen LogP contribution in [0.15, 0.2) is 36.5 Å². The zero-order chi connectivity index (χ0) is 22.9. The molecule has 2 amide bonds. The average molecular weight is 449 g/mol. The van der Waals surface area contributed by atoms with Crippen LogP contribution < -0.4 is 0 Å². The summed E-state index contributed by atoms with van der Waals surface area (Å²) in [7, 11) is 2.10. The second-order valence-electron chi connectivity index (χ2n) is 8.85. The lowest BCUT2D eigenvalue weighted by Gasteiger charge is -2.33. The lowest BCUT2D eigenvalue weighted by atomic mass is 9.91. The van der Waals surface area contributed by atoms with Crippen LogP contribution in [0.25, 0.3) is 11.0 Å². The summed E-state index contributed by atoms with van der Waals surface area (Å²) in [5, 5.41) is 9.10. The first-order chi connectivity index (χ1) is 16.0. The maximum Gasteiger partial charge on any atom is 0.407 e. The van der Waals surface area contributed by atoms with E-state index in [1.54, 1.807) is 11.0 Å². The molecule has 1 aromatic carbocycles. The molecule has 2 aromatic heterocycles. The lowest BCUT2D eigenvalue weighted by Crippen LogP contribution is -2.50. The Bertz CT molecular complexity index is 1180. The second-order valence-corrected chi connectivity index (χ2v) is 8.85. The summed E-state index contributed by atoms with van der Waals surface area (Å²) >= 11 is 0. The van der Waals surface area contributed by atoms with E-state index in [1.165, 1.54) is 16.2 Å². The molecule has 172 valence electrons. The van der Waals surface area contributed by atoms with Gasteiger partial charge in [0.2, 0.25) is 0 Å². The van der Waals surface area contributed by atoms with Crippen molar-refractivity contribution in [1.82, 2.24) is 29.7 Å². The van der Waals surface area contributed by atoms with Crippen LogP contribution in [0, 0.1) is 0 Å². The molecule has 2 aliphatic rings. The first-order valence-electron chi connectivity index (χ1n) is 11.4. The number of fused-ring (bicyclic) bond motifs is 2. The highest BCUT2D eigenvalue weighted by atomic mass is 16.4. The standard InChI is InChI=1S/C24H28N6O3/c1-28(20-6-2-4-16-5-3-9-25-22(16)20)15-21-26-18-8-7-17(14-19(18)27-21)23(31)29-10-12-30(13-11-29)24(32)33/h3,5,7-9,14,20H,2,4,6,10-13,15H2,1H3,(H,26,27)(H,32,33). The molecule has 2 N–H and O–H groups in total. The molecule has 1 unspecified atom stereocenters. The molecule has 1 aliphatic carbocycles. The fourth-order valence-electron chi connectivity index (χ4n) is 4.91. The summed E-state index contributed by atoms with van der Waals surface area (Å²) < 4.78 is 0. The first kappa shape index (κ1) is 21.4. The van der Waals surface area contributed by atoms with E-state index in [0.29, 0.717) is 38.3 Å². The van der Waals surface area contributed by atoms with E-state index < -0.39 is 6.09 Å². The summed E-state index contributed by atoms with van der Waals surface area (Å²) in [6, 6.07) is 9.95. The number of imidazole rings is 1. The van der Waals surface area contributed by atoms with Crippen molar-refractivity contribution >= 4 is 23.0 Å². The summed E-state index contributed by atoms with van der Waals surface area (Å²) in [6.45, 7) is 2.14. The number of pyridine rings is 1. The SMILES string of the molecule is CN(Cc1nc2ccc(C(=O)N3CCN(C(=O)O)CC3)cc2[nH]1)C1CCCc2cccnc21. The molecule has 3 heterocycles. The Morgan fingerprint density at radius 2 is 1.97 bits per heavy atom. The molecule has 1 saturated heterocycles. The summed E-state index contributed by atoms with van der Waals surface area (Å²) in [5.41, 5.74) is 4.74. The minimum Gasteiger partial charge on any atom is -0.465 e. The molecule has 1 fully saturated rings. The van der Waals surface area contributed by atoms with Gasteiger partial charge in [-0.1, -0.05) is 6.07 Å². The predicted molar refractivity (Wildman–Crippen MR) is 123 cm³/mol. The average Bonchev–Trinajstić information content (AvgIpc) is 3.24. The maximum absolute atomic E-state index is 12.9. The Hall–Kier alpha value is -3.46. The van der Waals surface area contributed by atoms with Gasteiger partial charge in [-0.15, -0.1) is 0 Å². The molecule has 1 aliphatic heterocycles. The molecule has 0 bridgehead atoms. The number of carbonyl (C=O) groups is 2. The highest BCUT2D eigenvalue weighted by Gasteiger charge is 2.26. The highest BCUT2D eigenvalue weighted by Crippen LogP contribution is 2.32. The van der Waals surface area contributed by atoms with Crippen LogP contribution in [0.4, 0.5) is 4.79 Å². The fourth-order valence-corrected chi connectivity index (χ4v) is 4.91. The predicted octanol–water partition coefficient (Wildman–Crippen LogP) is 2.90. The van der Waals surface area contributed by atoms with Crippen molar-refractivity contribution in [3.05, 3.63) is 59.2 Å². The van der Waals surface area contributed by atoms with Gasteiger partial charge in [-0.25, -0.2) is 9.78 Å². The number of aromatic amines is 1. The molecule has 33 heavy (non-hydrogen) atoms. The zero-order valence-corrected chi connectivity index (χ0v) is 18.7. The normalized spacial score (nSPS) is 18.5. The van der Waals surface area contributed by atoms with Gasteiger partial charge < -0.3 is 19.9 Å². The van der Waals surface area contributed by atoms with E-state index in [-0.39, 0.29) is 11.9 Å². The first-order valence-corrected chi connectivity index (χ1v) is 11.4. The van der Waals surface area contributed by atoms with Crippen LogP contribution in [0.2, 0.25) is 0 Å². The molecule has 0 spiro atoms. The van der Waals surface area contributed by atoms with E-state index in [0.717, 1.165) is 36.1 Å². The van der Waals surface area contributed by atoms with Crippen molar-refractivity contribution in [2.45, 2.75) is 31.8 Å². The van der Waals surface area contributed by atoms with Gasteiger partial charge in [-0.05, 0) is 56.1 Å². The van der Waals surface area contributed by atoms with E-state index in [1.807, 2.05) is 24.4 Å². The smallest absolute Gasteiger partial charge is 0.407 e. The third-order valence-electron chi connectivity index (χ3n) is 6.71. The number of nitrogens with one attached hydrogen (secondary N) is 1. The van der Waals surface area contributed by atoms with Crippen molar-refractivity contribution in [3.8, 4) is 0 Å². The van der Waals surface area contributed by atoms with Crippen molar-refractivity contribution in [3.63, 3.8) is 0 Å². The summed E-state index contributed by atoms with van der Waals surface area (Å²) in [5.74, 6) is 0.773. The molecule has 0 saturated carbocycles. The number of carboxylic acid groups (broad SMARTS) is 1. The van der Waals surface area contributed by atoms with E-state index in [4.69, 9.17) is 10.1 Å². The number of benzene rings is 1. The minimum atomic E-state index is -0.939. The van der Waals surface area contributed by atoms with Crippen molar-refractivity contribution in [2.75, 3.05) is 33.2 Å². The number of hydrogen-bond donors (Lipinski definition) is 2. The van der Waals surface area contributed by atoms with Crippen LogP contribution >= 0.6 is 0 Å².